The number of imidazole rings is 1. The number of nitrogens with zero attached hydrogens (tertiary/aromatic N) is 3. The van der Waals surface area contributed by atoms with Crippen LogP contribution in [0.4, 0.5) is 0 Å². The van der Waals surface area contributed by atoms with Crippen LogP contribution < -0.4 is 5.32 Å². The Kier molecular flexibility index (Phi) is 5.00. The van der Waals surface area contributed by atoms with Crippen molar-refractivity contribution in [1.82, 2.24) is 14.9 Å². The molecule has 0 amide bonds. The summed E-state index contributed by atoms with van der Waals surface area (Å²) >= 11 is 0. The van der Waals surface area contributed by atoms with Crippen LogP contribution in [-0.2, 0) is 6.54 Å². The Balaban J connectivity index is 2.44. The van der Waals surface area contributed by atoms with Crippen molar-refractivity contribution in [1.29, 1.82) is 5.26 Å². The van der Waals surface area contributed by atoms with Gasteiger partial charge in [0.1, 0.15) is 0 Å². The summed E-state index contributed by atoms with van der Waals surface area (Å²) in [6, 6.07) is 2.23. The van der Waals surface area contributed by atoms with E-state index >= 15 is 0 Å². The average Bonchev–Trinajstić information content (AvgIpc) is 2.61. The number of nitriles is 1. The summed E-state index contributed by atoms with van der Waals surface area (Å²) in [7, 11) is 0. The highest BCUT2D eigenvalue weighted by molar-refractivity contribution is 5.08. The number of nitrogens with one attached hydrogen (secondary N) is 1. The average molecular weight is 220 g/mol. The molecule has 0 spiro atoms. The summed E-state index contributed by atoms with van der Waals surface area (Å²) in [5.41, 5.74) is 2.25. The molecule has 1 N–H and O–H groups in total. The van der Waals surface area contributed by atoms with E-state index in [1.165, 1.54) is 5.69 Å². The SMILES string of the molecule is CCCNC(C#N)CCn1cnc(C)c1C. The number of rotatable bonds is 6. The van der Waals surface area contributed by atoms with Crippen LogP contribution >= 0.6 is 0 Å². The first-order valence-corrected chi connectivity index (χ1v) is 5.80. The van der Waals surface area contributed by atoms with E-state index in [0.29, 0.717) is 0 Å². The molecule has 1 rings (SSSR count). The Morgan fingerprint density at radius 2 is 2.31 bits per heavy atom. The lowest BCUT2D eigenvalue weighted by Crippen LogP contribution is -2.29. The van der Waals surface area contributed by atoms with Gasteiger partial charge >= 0.3 is 0 Å². The van der Waals surface area contributed by atoms with Gasteiger partial charge in [0, 0.05) is 12.2 Å². The number of aryl methyl sites for hydroxylation is 2. The van der Waals surface area contributed by atoms with E-state index in [2.05, 4.69) is 34.8 Å². The van der Waals surface area contributed by atoms with Crippen molar-refractivity contribution in [3.8, 4) is 6.07 Å². The summed E-state index contributed by atoms with van der Waals surface area (Å²) in [6.07, 6.45) is 3.73. The lowest BCUT2D eigenvalue weighted by Gasteiger charge is -2.11. The molecule has 1 atom stereocenters. The molecule has 1 unspecified atom stereocenters. The fourth-order valence-electron chi connectivity index (χ4n) is 1.57. The van der Waals surface area contributed by atoms with Crippen molar-refractivity contribution >= 4 is 0 Å². The lowest BCUT2D eigenvalue weighted by molar-refractivity contribution is 0.512. The fraction of sp³-hybridized carbons (Fsp3) is 0.667. The van der Waals surface area contributed by atoms with Crippen molar-refractivity contribution < 1.29 is 0 Å². The summed E-state index contributed by atoms with van der Waals surface area (Å²) in [5.74, 6) is 0. The molecule has 1 aromatic rings. The molecule has 0 bridgehead atoms. The number of hydrogen-bond acceptors (Lipinski definition) is 3. The Morgan fingerprint density at radius 1 is 1.56 bits per heavy atom. The van der Waals surface area contributed by atoms with Crippen molar-refractivity contribution in [2.24, 2.45) is 0 Å². The number of aromatic nitrogens is 2. The van der Waals surface area contributed by atoms with Crippen LogP contribution in [0.5, 0.6) is 0 Å². The molecule has 4 nitrogen and oxygen atoms in total. The molecule has 0 aliphatic rings. The number of hydrogen-bond donors (Lipinski definition) is 1. The zero-order valence-electron chi connectivity index (χ0n) is 10.3. The molecule has 0 radical (unpaired) electrons. The molecule has 16 heavy (non-hydrogen) atoms. The van der Waals surface area contributed by atoms with Gasteiger partial charge in [-0.15, -0.1) is 0 Å². The van der Waals surface area contributed by atoms with Crippen LogP contribution in [0.15, 0.2) is 6.33 Å². The maximum atomic E-state index is 8.97. The molecule has 0 aliphatic heterocycles. The van der Waals surface area contributed by atoms with E-state index in [0.717, 1.165) is 31.6 Å². The van der Waals surface area contributed by atoms with Crippen LogP contribution in [0.1, 0.15) is 31.2 Å². The largest absolute Gasteiger partial charge is 0.335 e. The van der Waals surface area contributed by atoms with Gasteiger partial charge in [-0.05, 0) is 33.2 Å². The smallest absolute Gasteiger partial charge is 0.0970 e. The molecule has 0 saturated heterocycles. The second-order valence-electron chi connectivity index (χ2n) is 4.03. The molecule has 88 valence electrons. The Morgan fingerprint density at radius 3 is 2.81 bits per heavy atom. The maximum absolute atomic E-state index is 8.97. The van der Waals surface area contributed by atoms with Gasteiger partial charge in [-0.2, -0.15) is 5.26 Å². The minimum absolute atomic E-state index is 0.0537. The molecule has 0 aromatic carbocycles. The lowest BCUT2D eigenvalue weighted by atomic mass is 10.2. The Hall–Kier alpha value is -1.34. The zero-order chi connectivity index (χ0) is 12.0. The quantitative estimate of drug-likeness (QED) is 0.795. The predicted molar refractivity (Wildman–Crippen MR) is 64.0 cm³/mol. The molecule has 1 heterocycles. The topological polar surface area (TPSA) is 53.6 Å². The van der Waals surface area contributed by atoms with E-state index in [4.69, 9.17) is 5.26 Å². The zero-order valence-corrected chi connectivity index (χ0v) is 10.3. The van der Waals surface area contributed by atoms with Crippen molar-refractivity contribution in [2.75, 3.05) is 6.54 Å². The third-order valence-corrected chi connectivity index (χ3v) is 2.80. The molecule has 0 aliphatic carbocycles. The van der Waals surface area contributed by atoms with Crippen LogP contribution in [0.2, 0.25) is 0 Å². The summed E-state index contributed by atoms with van der Waals surface area (Å²) in [5, 5.41) is 12.2. The van der Waals surface area contributed by atoms with Gasteiger partial charge in [0.25, 0.3) is 0 Å². The van der Waals surface area contributed by atoms with Gasteiger partial charge in [0.15, 0.2) is 0 Å². The Labute approximate surface area is 97.3 Å². The molecular formula is C12H20N4. The third-order valence-electron chi connectivity index (χ3n) is 2.80. The molecule has 0 saturated carbocycles. The monoisotopic (exact) mass is 220 g/mol. The normalized spacial score (nSPS) is 12.4. The molecule has 1 aromatic heterocycles. The molecule has 4 heteroatoms. The van der Waals surface area contributed by atoms with Gasteiger partial charge in [-0.1, -0.05) is 6.92 Å². The van der Waals surface area contributed by atoms with Crippen LogP contribution in [0.25, 0.3) is 0 Å². The highest BCUT2D eigenvalue weighted by Gasteiger charge is 2.07. The highest BCUT2D eigenvalue weighted by atomic mass is 15.1. The summed E-state index contributed by atoms with van der Waals surface area (Å²) in [4.78, 5) is 4.24. The fourth-order valence-corrected chi connectivity index (χ4v) is 1.57. The Bertz CT molecular complexity index is 362. The van der Waals surface area contributed by atoms with Crippen molar-refractivity contribution in [3.05, 3.63) is 17.7 Å². The van der Waals surface area contributed by atoms with E-state index in [1.807, 2.05) is 13.3 Å². The highest BCUT2D eigenvalue weighted by Crippen LogP contribution is 2.06. The van der Waals surface area contributed by atoms with Gasteiger partial charge in [0.05, 0.1) is 24.1 Å². The predicted octanol–water partition coefficient (Wildman–Crippen LogP) is 1.78. The van der Waals surface area contributed by atoms with E-state index < -0.39 is 0 Å². The molecule has 0 fully saturated rings. The summed E-state index contributed by atoms with van der Waals surface area (Å²) in [6.45, 7) is 7.92. The van der Waals surface area contributed by atoms with Gasteiger partial charge in [0.2, 0.25) is 0 Å². The van der Waals surface area contributed by atoms with E-state index in [9.17, 15) is 0 Å². The van der Waals surface area contributed by atoms with Gasteiger partial charge in [-0.3, -0.25) is 0 Å². The summed E-state index contributed by atoms with van der Waals surface area (Å²) < 4.78 is 2.10. The van der Waals surface area contributed by atoms with Gasteiger partial charge in [-0.25, -0.2) is 4.98 Å². The van der Waals surface area contributed by atoms with Crippen molar-refractivity contribution in [3.63, 3.8) is 0 Å². The minimum atomic E-state index is -0.0537. The first kappa shape index (κ1) is 12.7. The first-order valence-electron chi connectivity index (χ1n) is 5.80. The minimum Gasteiger partial charge on any atom is -0.335 e. The third kappa shape index (κ3) is 3.35. The second-order valence-corrected chi connectivity index (χ2v) is 4.03. The van der Waals surface area contributed by atoms with E-state index in [-0.39, 0.29) is 6.04 Å². The van der Waals surface area contributed by atoms with E-state index in [1.54, 1.807) is 0 Å². The molecular weight excluding hydrogens is 200 g/mol. The van der Waals surface area contributed by atoms with Crippen molar-refractivity contribution in [2.45, 2.75) is 46.2 Å². The standard InChI is InChI=1S/C12H20N4/c1-4-6-14-12(8-13)5-7-16-9-15-10(2)11(16)3/h9,12,14H,4-7H2,1-3H3. The maximum Gasteiger partial charge on any atom is 0.0970 e. The van der Waals surface area contributed by atoms with Gasteiger partial charge < -0.3 is 9.88 Å². The van der Waals surface area contributed by atoms with Crippen LogP contribution in [-0.4, -0.2) is 22.1 Å². The second kappa shape index (κ2) is 6.29. The first-order chi connectivity index (χ1) is 7.69. The van der Waals surface area contributed by atoms with Crippen LogP contribution in [0.3, 0.4) is 0 Å². The van der Waals surface area contributed by atoms with Crippen LogP contribution in [0, 0.1) is 25.2 Å².